The van der Waals surface area contributed by atoms with Gasteiger partial charge >= 0.3 is 0 Å². The van der Waals surface area contributed by atoms with E-state index in [2.05, 4.69) is 25.8 Å². The molecule has 2 heterocycles. The number of nitrogens with two attached hydrogens (primary N) is 1. The molecule has 0 radical (unpaired) electrons. The number of amidine groups is 1. The van der Waals surface area contributed by atoms with Gasteiger partial charge in [-0.3, -0.25) is 4.99 Å². The zero-order valence-corrected chi connectivity index (χ0v) is 9.65. The molecule has 1 fully saturated rings. The third kappa shape index (κ3) is 1.46. The van der Waals surface area contributed by atoms with Gasteiger partial charge < -0.3 is 10.5 Å². The van der Waals surface area contributed by atoms with Crippen molar-refractivity contribution in [2.45, 2.75) is 26.3 Å². The van der Waals surface area contributed by atoms with E-state index in [1.807, 2.05) is 0 Å². The summed E-state index contributed by atoms with van der Waals surface area (Å²) in [7, 11) is 0. The molecular weight excluding hydrogens is 196 g/mol. The Bertz CT molecular complexity index is 320. The lowest BCUT2D eigenvalue weighted by Crippen LogP contribution is -2.38. The van der Waals surface area contributed by atoms with E-state index in [9.17, 15) is 0 Å². The number of hydrogen-bond donors (Lipinski definition) is 1. The van der Waals surface area contributed by atoms with Gasteiger partial charge in [0, 0.05) is 5.92 Å². The molecule has 78 valence electrons. The number of aliphatic imine (C=N–C) groups is 1. The van der Waals surface area contributed by atoms with E-state index in [4.69, 9.17) is 10.5 Å². The molecule has 0 saturated carbocycles. The van der Waals surface area contributed by atoms with Crippen LogP contribution in [0, 0.1) is 5.92 Å². The van der Waals surface area contributed by atoms with Crippen LogP contribution in [0.1, 0.15) is 20.8 Å². The maximum absolute atomic E-state index is 5.83. The second-order valence-electron chi connectivity index (χ2n) is 4.34. The fourth-order valence-corrected chi connectivity index (χ4v) is 3.19. The van der Waals surface area contributed by atoms with Gasteiger partial charge in [0.15, 0.2) is 5.17 Å². The molecule has 2 unspecified atom stereocenters. The van der Waals surface area contributed by atoms with E-state index in [0.29, 0.717) is 17.7 Å². The van der Waals surface area contributed by atoms with Crippen LogP contribution in [0.25, 0.3) is 0 Å². The summed E-state index contributed by atoms with van der Waals surface area (Å²) in [5, 5.41) is 0.672. The van der Waals surface area contributed by atoms with Gasteiger partial charge in [-0.2, -0.15) is 0 Å². The zero-order chi connectivity index (χ0) is 10.3. The number of nitrogens with zero attached hydrogens (tertiary/aromatic N) is 1. The predicted molar refractivity (Wildman–Crippen MR) is 60.3 cm³/mol. The van der Waals surface area contributed by atoms with Gasteiger partial charge in [0.1, 0.15) is 0 Å². The van der Waals surface area contributed by atoms with Crippen molar-refractivity contribution in [3.05, 3.63) is 10.5 Å². The molecule has 0 bridgehead atoms. The zero-order valence-electron chi connectivity index (χ0n) is 8.83. The molecule has 3 nitrogen and oxygen atoms in total. The van der Waals surface area contributed by atoms with E-state index in [1.54, 1.807) is 11.8 Å². The number of hydrogen-bond acceptors (Lipinski definition) is 4. The lowest BCUT2D eigenvalue weighted by molar-refractivity contribution is 0.180. The lowest BCUT2D eigenvalue weighted by atomic mass is 9.88. The van der Waals surface area contributed by atoms with Crippen LogP contribution in [0.15, 0.2) is 15.5 Å². The van der Waals surface area contributed by atoms with E-state index in [0.717, 1.165) is 6.61 Å². The number of ether oxygens (including phenoxy) is 1. The highest BCUT2D eigenvalue weighted by atomic mass is 32.2. The Morgan fingerprint density at radius 2 is 2.36 bits per heavy atom. The SMILES string of the molecule is CC(C)=C1SC(N)=NC2(C)COCC12. The first-order valence-corrected chi connectivity index (χ1v) is 5.63. The lowest BCUT2D eigenvalue weighted by Gasteiger charge is -2.32. The molecule has 4 heteroatoms. The molecular formula is C10H16N2OS. The Labute approximate surface area is 88.8 Å². The van der Waals surface area contributed by atoms with Crippen LogP contribution in [0.2, 0.25) is 0 Å². The molecule has 1 saturated heterocycles. The minimum Gasteiger partial charge on any atom is -0.378 e. The molecule has 2 aliphatic rings. The molecule has 2 rings (SSSR count). The molecule has 2 atom stereocenters. The number of allylic oxidation sites excluding steroid dienone is 1. The largest absolute Gasteiger partial charge is 0.378 e. The van der Waals surface area contributed by atoms with Crippen LogP contribution in [-0.2, 0) is 4.74 Å². The summed E-state index contributed by atoms with van der Waals surface area (Å²) >= 11 is 1.60. The molecule has 0 spiro atoms. The van der Waals surface area contributed by atoms with Gasteiger partial charge in [-0.05, 0) is 25.7 Å². The Kier molecular flexibility index (Phi) is 2.35. The molecule has 14 heavy (non-hydrogen) atoms. The van der Waals surface area contributed by atoms with Crippen molar-refractivity contribution in [3.8, 4) is 0 Å². The molecule has 0 aromatic heterocycles. The van der Waals surface area contributed by atoms with Crippen LogP contribution in [0.4, 0.5) is 0 Å². The maximum atomic E-state index is 5.83. The summed E-state index contributed by atoms with van der Waals surface area (Å²) in [5.74, 6) is 0.407. The Hall–Kier alpha value is -0.480. The summed E-state index contributed by atoms with van der Waals surface area (Å²) in [5.41, 5.74) is 7.03. The van der Waals surface area contributed by atoms with Crippen LogP contribution in [0.5, 0.6) is 0 Å². The minimum absolute atomic E-state index is 0.123. The van der Waals surface area contributed by atoms with Gasteiger partial charge in [-0.15, -0.1) is 0 Å². The van der Waals surface area contributed by atoms with Gasteiger partial charge in [-0.1, -0.05) is 17.3 Å². The van der Waals surface area contributed by atoms with Crippen LogP contribution >= 0.6 is 11.8 Å². The summed E-state index contributed by atoms with van der Waals surface area (Å²) in [6.07, 6.45) is 0. The minimum atomic E-state index is -0.123. The van der Waals surface area contributed by atoms with Crippen molar-refractivity contribution in [2.24, 2.45) is 16.6 Å². The molecule has 0 amide bonds. The number of fused-ring (bicyclic) bond motifs is 1. The quantitative estimate of drug-likeness (QED) is 0.665. The van der Waals surface area contributed by atoms with Crippen molar-refractivity contribution in [2.75, 3.05) is 13.2 Å². The van der Waals surface area contributed by atoms with Crippen LogP contribution in [0.3, 0.4) is 0 Å². The van der Waals surface area contributed by atoms with Crippen molar-refractivity contribution >= 4 is 16.9 Å². The van der Waals surface area contributed by atoms with Crippen molar-refractivity contribution < 1.29 is 4.74 Å². The Morgan fingerprint density at radius 3 is 3.00 bits per heavy atom. The average molecular weight is 212 g/mol. The average Bonchev–Trinajstić information content (AvgIpc) is 2.43. The molecule has 0 aromatic rings. The normalized spacial score (nSPS) is 36.6. The monoisotopic (exact) mass is 212 g/mol. The number of thioether (sulfide) groups is 1. The van der Waals surface area contributed by atoms with Crippen LogP contribution in [-0.4, -0.2) is 23.9 Å². The molecule has 2 N–H and O–H groups in total. The van der Waals surface area contributed by atoms with E-state index in [1.165, 1.54) is 10.5 Å². The highest BCUT2D eigenvalue weighted by Gasteiger charge is 2.45. The van der Waals surface area contributed by atoms with E-state index < -0.39 is 0 Å². The topological polar surface area (TPSA) is 47.6 Å². The molecule has 0 aliphatic carbocycles. The standard InChI is InChI=1S/C10H16N2OS/c1-6(2)8-7-4-13-5-10(7,3)12-9(11)14-8/h7H,4-5H2,1-3H3,(H2,11,12). The highest BCUT2D eigenvalue weighted by Crippen LogP contribution is 2.44. The number of rotatable bonds is 0. The van der Waals surface area contributed by atoms with E-state index >= 15 is 0 Å². The second-order valence-corrected chi connectivity index (χ2v) is 5.40. The van der Waals surface area contributed by atoms with Gasteiger partial charge in [0.2, 0.25) is 0 Å². The smallest absolute Gasteiger partial charge is 0.159 e. The second kappa shape index (κ2) is 3.28. The highest BCUT2D eigenvalue weighted by molar-refractivity contribution is 8.17. The fourth-order valence-electron chi connectivity index (χ4n) is 2.04. The summed E-state index contributed by atoms with van der Waals surface area (Å²) in [4.78, 5) is 5.85. The van der Waals surface area contributed by atoms with Crippen molar-refractivity contribution in [1.82, 2.24) is 0 Å². The Morgan fingerprint density at radius 1 is 1.64 bits per heavy atom. The van der Waals surface area contributed by atoms with Gasteiger partial charge in [0.05, 0.1) is 18.8 Å². The third-order valence-electron chi connectivity index (χ3n) is 2.82. The predicted octanol–water partition coefficient (Wildman–Crippen LogP) is 1.75. The summed E-state index contributed by atoms with van der Waals surface area (Å²) in [6.45, 7) is 7.84. The van der Waals surface area contributed by atoms with E-state index in [-0.39, 0.29) is 5.54 Å². The van der Waals surface area contributed by atoms with Gasteiger partial charge in [0.25, 0.3) is 0 Å². The summed E-state index contributed by atoms with van der Waals surface area (Å²) < 4.78 is 5.51. The third-order valence-corrected chi connectivity index (χ3v) is 4.03. The first-order chi connectivity index (χ1) is 6.53. The van der Waals surface area contributed by atoms with Crippen LogP contribution < -0.4 is 5.73 Å². The van der Waals surface area contributed by atoms with Gasteiger partial charge in [-0.25, -0.2) is 0 Å². The molecule has 2 aliphatic heterocycles. The molecule has 0 aromatic carbocycles. The first-order valence-electron chi connectivity index (χ1n) is 4.81. The van der Waals surface area contributed by atoms with Crippen molar-refractivity contribution in [3.63, 3.8) is 0 Å². The summed E-state index contributed by atoms with van der Waals surface area (Å²) in [6, 6.07) is 0. The van der Waals surface area contributed by atoms with Crippen molar-refractivity contribution in [1.29, 1.82) is 0 Å². The first kappa shape index (κ1) is 10.1. The maximum Gasteiger partial charge on any atom is 0.159 e. The Balaban J connectivity index is 2.44. The fraction of sp³-hybridized carbons (Fsp3) is 0.700.